The lowest BCUT2D eigenvalue weighted by Crippen LogP contribution is -2.18. The molecule has 0 aliphatic carbocycles. The van der Waals surface area contributed by atoms with Gasteiger partial charge in [-0.3, -0.25) is 9.36 Å². The number of ether oxygens (including phenoxy) is 1. The van der Waals surface area contributed by atoms with E-state index in [9.17, 15) is 9.59 Å². The third kappa shape index (κ3) is 4.35. The predicted octanol–water partition coefficient (Wildman–Crippen LogP) is 2.45. The van der Waals surface area contributed by atoms with Crippen LogP contribution in [0.3, 0.4) is 0 Å². The number of carbonyl (C=O) groups is 1. The Balaban J connectivity index is 1.76. The van der Waals surface area contributed by atoms with Crippen molar-refractivity contribution < 1.29 is 9.53 Å². The summed E-state index contributed by atoms with van der Waals surface area (Å²) in [5.41, 5.74) is 1.26. The van der Waals surface area contributed by atoms with Gasteiger partial charge in [-0.2, -0.15) is 5.26 Å². The standard InChI is InChI=1S/C19H21N5O3S/c1-27-11-5-10-24-18(26)21-22-19(24)28-13-17(25)15-12-23(9-4-8-20)16-7-3-2-6-14(15)16/h2-3,6-7,12H,4-5,9-11,13H2,1H3,(H,21,26). The molecule has 0 bridgehead atoms. The first-order chi connectivity index (χ1) is 13.7. The van der Waals surface area contributed by atoms with Gasteiger partial charge >= 0.3 is 5.69 Å². The number of rotatable bonds is 10. The number of benzene rings is 1. The zero-order valence-corrected chi connectivity index (χ0v) is 16.4. The Labute approximate surface area is 166 Å². The number of H-pyrrole nitrogens is 1. The van der Waals surface area contributed by atoms with E-state index in [-0.39, 0.29) is 17.2 Å². The predicted molar refractivity (Wildman–Crippen MR) is 107 cm³/mol. The fraction of sp³-hybridized carbons (Fsp3) is 0.368. The monoisotopic (exact) mass is 399 g/mol. The Morgan fingerprint density at radius 3 is 2.96 bits per heavy atom. The lowest BCUT2D eigenvalue weighted by molar-refractivity contribution is 0.102. The van der Waals surface area contributed by atoms with E-state index in [1.165, 1.54) is 16.3 Å². The van der Waals surface area contributed by atoms with Crippen LogP contribution in [0.4, 0.5) is 0 Å². The molecular formula is C19H21N5O3S. The van der Waals surface area contributed by atoms with Crippen molar-refractivity contribution in [3.8, 4) is 6.07 Å². The zero-order chi connectivity index (χ0) is 19.9. The molecule has 0 saturated carbocycles. The Morgan fingerprint density at radius 1 is 1.36 bits per heavy atom. The van der Waals surface area contributed by atoms with Gasteiger partial charge < -0.3 is 9.30 Å². The Hall–Kier alpha value is -2.83. The number of para-hydroxylation sites is 1. The van der Waals surface area contributed by atoms with E-state index in [0.717, 1.165) is 10.9 Å². The van der Waals surface area contributed by atoms with Crippen LogP contribution in [-0.2, 0) is 17.8 Å². The molecule has 0 aliphatic heterocycles. The molecule has 0 spiro atoms. The molecule has 0 unspecified atom stereocenters. The second-order valence-corrected chi connectivity index (χ2v) is 7.13. The molecule has 8 nitrogen and oxygen atoms in total. The molecule has 28 heavy (non-hydrogen) atoms. The molecule has 1 N–H and O–H groups in total. The summed E-state index contributed by atoms with van der Waals surface area (Å²) in [6.45, 7) is 1.56. The number of fused-ring (bicyclic) bond motifs is 1. The third-order valence-corrected chi connectivity index (χ3v) is 5.32. The molecule has 0 amide bonds. The summed E-state index contributed by atoms with van der Waals surface area (Å²) in [6.07, 6.45) is 2.87. The molecule has 0 radical (unpaired) electrons. The smallest absolute Gasteiger partial charge is 0.343 e. The van der Waals surface area contributed by atoms with Gasteiger partial charge in [-0.15, -0.1) is 5.10 Å². The Bertz CT molecular complexity index is 1060. The quantitative estimate of drug-likeness (QED) is 0.319. The van der Waals surface area contributed by atoms with E-state index in [1.54, 1.807) is 13.3 Å². The number of hydrogen-bond donors (Lipinski definition) is 1. The van der Waals surface area contributed by atoms with Crippen molar-refractivity contribution >= 4 is 28.4 Å². The first-order valence-electron chi connectivity index (χ1n) is 8.90. The summed E-state index contributed by atoms with van der Waals surface area (Å²) in [5.74, 6) is 0.122. The number of ketones is 1. The Morgan fingerprint density at radius 2 is 2.18 bits per heavy atom. The lowest BCUT2D eigenvalue weighted by atomic mass is 10.1. The molecule has 3 rings (SSSR count). The molecule has 9 heteroatoms. The fourth-order valence-electron chi connectivity index (χ4n) is 3.01. The number of aryl methyl sites for hydroxylation is 1. The molecule has 146 valence electrons. The number of Topliss-reactive ketones (excluding diaryl/α,β-unsaturated/α-hetero) is 1. The van der Waals surface area contributed by atoms with Crippen LogP contribution >= 0.6 is 11.8 Å². The van der Waals surface area contributed by atoms with E-state index in [4.69, 9.17) is 10.00 Å². The molecule has 0 atom stereocenters. The lowest BCUT2D eigenvalue weighted by Gasteiger charge is -2.04. The van der Waals surface area contributed by atoms with Gasteiger partial charge in [-0.05, 0) is 12.5 Å². The summed E-state index contributed by atoms with van der Waals surface area (Å²) < 4.78 is 8.47. The van der Waals surface area contributed by atoms with Crippen molar-refractivity contribution in [1.82, 2.24) is 19.3 Å². The number of nitrogens with one attached hydrogen (secondary N) is 1. The van der Waals surface area contributed by atoms with Gasteiger partial charge in [0.1, 0.15) is 0 Å². The summed E-state index contributed by atoms with van der Waals surface area (Å²) in [5, 5.41) is 16.7. The molecule has 0 saturated heterocycles. The van der Waals surface area contributed by atoms with Crippen LogP contribution in [0, 0.1) is 11.3 Å². The van der Waals surface area contributed by atoms with E-state index in [1.807, 2.05) is 28.8 Å². The summed E-state index contributed by atoms with van der Waals surface area (Å²) in [7, 11) is 1.61. The van der Waals surface area contributed by atoms with Gasteiger partial charge in [0, 0.05) is 49.5 Å². The highest BCUT2D eigenvalue weighted by molar-refractivity contribution is 7.99. The highest BCUT2D eigenvalue weighted by Gasteiger charge is 2.17. The van der Waals surface area contributed by atoms with Crippen LogP contribution in [0.2, 0.25) is 0 Å². The molecule has 0 fully saturated rings. The molecule has 1 aromatic carbocycles. The van der Waals surface area contributed by atoms with Crippen LogP contribution in [0.15, 0.2) is 40.4 Å². The van der Waals surface area contributed by atoms with Crippen molar-refractivity contribution in [3.63, 3.8) is 0 Å². The van der Waals surface area contributed by atoms with Crippen LogP contribution in [-0.4, -0.2) is 44.6 Å². The maximum atomic E-state index is 12.9. The van der Waals surface area contributed by atoms with Crippen molar-refractivity contribution in [2.45, 2.75) is 31.1 Å². The summed E-state index contributed by atoms with van der Waals surface area (Å²) in [4.78, 5) is 24.8. The number of aromatic nitrogens is 4. The van der Waals surface area contributed by atoms with Crippen molar-refractivity contribution in [2.24, 2.45) is 0 Å². The highest BCUT2D eigenvalue weighted by Crippen LogP contribution is 2.24. The zero-order valence-electron chi connectivity index (χ0n) is 15.6. The third-order valence-electron chi connectivity index (χ3n) is 4.34. The fourth-order valence-corrected chi connectivity index (χ4v) is 3.87. The molecule has 2 heterocycles. The number of nitrogens with zero attached hydrogens (tertiary/aromatic N) is 4. The normalized spacial score (nSPS) is 11.0. The number of methoxy groups -OCH3 is 1. The largest absolute Gasteiger partial charge is 0.385 e. The Kier molecular flexibility index (Phi) is 6.68. The van der Waals surface area contributed by atoms with Gasteiger partial charge in [0.15, 0.2) is 10.9 Å². The maximum Gasteiger partial charge on any atom is 0.343 e. The number of carbonyl (C=O) groups excluding carboxylic acids is 1. The number of thioether (sulfide) groups is 1. The molecule has 3 aromatic rings. The second-order valence-electron chi connectivity index (χ2n) is 6.18. The van der Waals surface area contributed by atoms with E-state index < -0.39 is 0 Å². The summed E-state index contributed by atoms with van der Waals surface area (Å²) >= 11 is 1.23. The topological polar surface area (TPSA) is 106 Å². The van der Waals surface area contributed by atoms with Crippen LogP contribution < -0.4 is 5.69 Å². The number of nitriles is 1. The number of hydrogen-bond acceptors (Lipinski definition) is 6. The van der Waals surface area contributed by atoms with Crippen molar-refractivity contribution in [2.75, 3.05) is 19.5 Å². The first kappa shape index (κ1) is 19.9. The number of aromatic amines is 1. The molecule has 2 aromatic heterocycles. The molecule has 0 aliphatic rings. The highest BCUT2D eigenvalue weighted by atomic mass is 32.2. The van der Waals surface area contributed by atoms with Gasteiger partial charge in [0.05, 0.1) is 18.2 Å². The SMILES string of the molecule is COCCCn1c(SCC(=O)c2cn(CCC#N)c3ccccc23)n[nH]c1=O. The van der Waals surface area contributed by atoms with Gasteiger partial charge in [-0.1, -0.05) is 30.0 Å². The van der Waals surface area contributed by atoms with E-state index in [0.29, 0.717) is 43.3 Å². The van der Waals surface area contributed by atoms with E-state index in [2.05, 4.69) is 16.3 Å². The minimum absolute atomic E-state index is 0.0456. The van der Waals surface area contributed by atoms with Gasteiger partial charge in [0.2, 0.25) is 0 Å². The second kappa shape index (κ2) is 9.39. The van der Waals surface area contributed by atoms with Gasteiger partial charge in [0.25, 0.3) is 0 Å². The average Bonchev–Trinajstić information content (AvgIpc) is 3.26. The van der Waals surface area contributed by atoms with Crippen LogP contribution in [0.25, 0.3) is 10.9 Å². The van der Waals surface area contributed by atoms with Gasteiger partial charge in [-0.25, -0.2) is 9.89 Å². The minimum Gasteiger partial charge on any atom is -0.385 e. The van der Waals surface area contributed by atoms with Crippen molar-refractivity contribution in [1.29, 1.82) is 5.26 Å². The van der Waals surface area contributed by atoms with Crippen LogP contribution in [0.5, 0.6) is 0 Å². The first-order valence-corrected chi connectivity index (χ1v) is 9.89. The van der Waals surface area contributed by atoms with E-state index >= 15 is 0 Å². The van der Waals surface area contributed by atoms with Crippen molar-refractivity contribution in [3.05, 3.63) is 46.5 Å². The summed E-state index contributed by atoms with van der Waals surface area (Å²) in [6, 6.07) is 9.79. The van der Waals surface area contributed by atoms with Crippen LogP contribution in [0.1, 0.15) is 23.2 Å². The maximum absolute atomic E-state index is 12.9. The molecular weight excluding hydrogens is 378 g/mol. The average molecular weight is 399 g/mol. The minimum atomic E-state index is -0.292.